The first-order valence-corrected chi connectivity index (χ1v) is 8.48. The number of nitrogens with zero attached hydrogens (tertiary/aromatic N) is 2. The van der Waals surface area contributed by atoms with Crippen molar-refractivity contribution in [3.8, 4) is 22.6 Å². The van der Waals surface area contributed by atoms with Gasteiger partial charge in [0.05, 0.1) is 25.4 Å². The molecule has 130 valence electrons. The Bertz CT molecular complexity index is 916. The zero-order valence-electron chi connectivity index (χ0n) is 13.7. The summed E-state index contributed by atoms with van der Waals surface area (Å²) in [6.45, 7) is 0.151. The summed E-state index contributed by atoms with van der Waals surface area (Å²) < 4.78 is 34.1. The summed E-state index contributed by atoms with van der Waals surface area (Å²) in [6, 6.07) is 9.28. The van der Waals surface area contributed by atoms with E-state index < -0.39 is 11.3 Å². The van der Waals surface area contributed by atoms with Gasteiger partial charge in [0, 0.05) is 47.2 Å². The van der Waals surface area contributed by atoms with Crippen molar-refractivity contribution in [3.05, 3.63) is 48.4 Å². The van der Waals surface area contributed by atoms with Crippen molar-refractivity contribution < 1.29 is 18.2 Å². The Labute approximate surface area is 147 Å². The quantitative estimate of drug-likeness (QED) is 0.679. The Morgan fingerprint density at radius 3 is 2.52 bits per heavy atom. The van der Waals surface area contributed by atoms with Gasteiger partial charge in [-0.2, -0.15) is 0 Å². The van der Waals surface area contributed by atoms with Crippen LogP contribution in [0.15, 0.2) is 42.7 Å². The molecule has 7 nitrogen and oxygen atoms in total. The number of pyridine rings is 2. The molecule has 0 aliphatic carbocycles. The highest BCUT2D eigenvalue weighted by atomic mass is 32.2. The van der Waals surface area contributed by atoms with E-state index in [9.17, 15) is 8.76 Å². The Morgan fingerprint density at radius 2 is 1.88 bits per heavy atom. The van der Waals surface area contributed by atoms with Crippen LogP contribution >= 0.6 is 0 Å². The smallest absolute Gasteiger partial charge is 0.162 e. The van der Waals surface area contributed by atoms with Crippen molar-refractivity contribution in [1.82, 2.24) is 14.7 Å². The molecular formula is C17H16N3O4S-. The minimum atomic E-state index is -2.31. The Kier molecular flexibility index (Phi) is 5.22. The van der Waals surface area contributed by atoms with Gasteiger partial charge in [-0.3, -0.25) is 14.2 Å². The monoisotopic (exact) mass is 358 g/mol. The maximum absolute atomic E-state index is 10.6. The summed E-state index contributed by atoms with van der Waals surface area (Å²) in [6.07, 6.45) is 3.43. The lowest BCUT2D eigenvalue weighted by Crippen LogP contribution is -2.16. The summed E-state index contributed by atoms with van der Waals surface area (Å²) in [5, 5.41) is 0.911. The lowest BCUT2D eigenvalue weighted by molar-refractivity contribution is 0.356. The fourth-order valence-electron chi connectivity index (χ4n) is 2.55. The van der Waals surface area contributed by atoms with E-state index in [0.717, 1.165) is 22.0 Å². The van der Waals surface area contributed by atoms with Crippen LogP contribution in [0.2, 0.25) is 0 Å². The van der Waals surface area contributed by atoms with Crippen molar-refractivity contribution >= 4 is 22.2 Å². The lowest BCUT2D eigenvalue weighted by atomic mass is 10.0. The van der Waals surface area contributed by atoms with E-state index >= 15 is 0 Å². The molecule has 1 atom stereocenters. The second-order valence-electron chi connectivity index (χ2n) is 5.18. The molecule has 25 heavy (non-hydrogen) atoms. The summed E-state index contributed by atoms with van der Waals surface area (Å²) in [4.78, 5) is 8.68. The molecule has 1 N–H and O–H groups in total. The normalized spacial score (nSPS) is 12.1. The molecule has 0 saturated heterocycles. The molecule has 0 radical (unpaired) electrons. The topological polar surface area (TPSA) is 96.4 Å². The fraction of sp³-hybridized carbons (Fsp3) is 0.176. The standard InChI is InChI=1S/C17H17N3O4S/c1-23-16-7-14-13(5-6-18-15(14)8-17(16)24-2)11-3-4-12(19-9-11)10-20-25(21)22/h3-9,20H,10H2,1-2H3,(H,21,22)/p-1. The fourth-order valence-corrected chi connectivity index (χ4v) is 2.81. The first kappa shape index (κ1) is 17.3. The SMILES string of the molecule is COc1cc2nccc(-c3ccc(CNS(=O)[O-])nc3)c2cc1OC. The van der Waals surface area contributed by atoms with Gasteiger partial charge in [0.15, 0.2) is 11.5 Å². The molecule has 2 heterocycles. The summed E-state index contributed by atoms with van der Waals surface area (Å²) in [5.74, 6) is 1.24. The lowest BCUT2D eigenvalue weighted by Gasteiger charge is -2.12. The van der Waals surface area contributed by atoms with Crippen LogP contribution in [-0.2, 0) is 17.8 Å². The Balaban J connectivity index is 2.01. The third kappa shape index (κ3) is 3.76. The average Bonchev–Trinajstić information content (AvgIpc) is 2.65. The predicted octanol–water partition coefficient (Wildman–Crippen LogP) is 2.20. The van der Waals surface area contributed by atoms with Gasteiger partial charge in [0.2, 0.25) is 0 Å². The number of fused-ring (bicyclic) bond motifs is 1. The van der Waals surface area contributed by atoms with Crippen LogP contribution in [0.4, 0.5) is 0 Å². The van der Waals surface area contributed by atoms with Crippen molar-refractivity contribution in [2.75, 3.05) is 14.2 Å². The number of aromatic nitrogens is 2. The van der Waals surface area contributed by atoms with Crippen LogP contribution < -0.4 is 14.2 Å². The maximum atomic E-state index is 10.6. The first-order chi connectivity index (χ1) is 12.1. The molecule has 3 rings (SSSR count). The van der Waals surface area contributed by atoms with Gasteiger partial charge in [-0.1, -0.05) is 6.07 Å². The first-order valence-electron chi connectivity index (χ1n) is 7.41. The molecule has 2 aromatic heterocycles. The largest absolute Gasteiger partial charge is 0.760 e. The molecule has 0 amide bonds. The number of ether oxygens (including phenoxy) is 2. The van der Waals surface area contributed by atoms with E-state index in [4.69, 9.17) is 9.47 Å². The third-order valence-electron chi connectivity index (χ3n) is 3.75. The highest BCUT2D eigenvalue weighted by Gasteiger charge is 2.11. The minimum absolute atomic E-state index is 0.151. The molecular weight excluding hydrogens is 342 g/mol. The van der Waals surface area contributed by atoms with Crippen LogP contribution in [0.3, 0.4) is 0 Å². The molecule has 3 aromatic rings. The average molecular weight is 358 g/mol. The molecule has 8 heteroatoms. The zero-order chi connectivity index (χ0) is 17.8. The summed E-state index contributed by atoms with van der Waals surface area (Å²) in [7, 11) is 3.17. The van der Waals surface area contributed by atoms with Gasteiger partial charge in [-0.15, -0.1) is 0 Å². The van der Waals surface area contributed by atoms with Crippen molar-refractivity contribution in [1.29, 1.82) is 0 Å². The van der Waals surface area contributed by atoms with Gasteiger partial charge in [-0.25, -0.2) is 4.72 Å². The molecule has 1 aromatic carbocycles. The second kappa shape index (κ2) is 7.56. The third-order valence-corrected chi connectivity index (χ3v) is 4.13. The van der Waals surface area contributed by atoms with Gasteiger partial charge in [0.25, 0.3) is 0 Å². The van der Waals surface area contributed by atoms with Gasteiger partial charge in [0.1, 0.15) is 0 Å². The number of hydrogen-bond donors (Lipinski definition) is 1. The van der Waals surface area contributed by atoms with E-state index in [-0.39, 0.29) is 6.54 Å². The van der Waals surface area contributed by atoms with Crippen molar-refractivity contribution in [3.63, 3.8) is 0 Å². The molecule has 0 saturated carbocycles. The number of rotatable bonds is 6. The van der Waals surface area contributed by atoms with E-state index in [2.05, 4.69) is 14.7 Å². The minimum Gasteiger partial charge on any atom is -0.760 e. The number of nitrogens with one attached hydrogen (secondary N) is 1. The molecule has 0 spiro atoms. The number of hydrogen-bond acceptors (Lipinski definition) is 6. The summed E-state index contributed by atoms with van der Waals surface area (Å²) >= 11 is -2.31. The molecule has 0 fully saturated rings. The van der Waals surface area contributed by atoms with Crippen LogP contribution in [0.1, 0.15) is 5.69 Å². The Hall–Kier alpha value is -2.55. The molecule has 0 aliphatic rings. The van der Waals surface area contributed by atoms with Gasteiger partial charge >= 0.3 is 0 Å². The number of benzene rings is 1. The van der Waals surface area contributed by atoms with Crippen LogP contribution in [-0.4, -0.2) is 32.9 Å². The van der Waals surface area contributed by atoms with E-state index in [1.165, 1.54) is 0 Å². The highest BCUT2D eigenvalue weighted by molar-refractivity contribution is 7.77. The van der Waals surface area contributed by atoms with E-state index in [0.29, 0.717) is 17.2 Å². The van der Waals surface area contributed by atoms with Gasteiger partial charge < -0.3 is 14.0 Å². The highest BCUT2D eigenvalue weighted by Crippen LogP contribution is 2.35. The van der Waals surface area contributed by atoms with Crippen LogP contribution in [0, 0.1) is 0 Å². The molecule has 1 unspecified atom stereocenters. The van der Waals surface area contributed by atoms with E-state index in [1.807, 2.05) is 24.3 Å². The number of methoxy groups -OCH3 is 2. The Morgan fingerprint density at radius 1 is 1.12 bits per heavy atom. The van der Waals surface area contributed by atoms with Crippen LogP contribution in [0.5, 0.6) is 11.5 Å². The molecule has 0 aliphatic heterocycles. The zero-order valence-corrected chi connectivity index (χ0v) is 14.5. The summed E-state index contributed by atoms with van der Waals surface area (Å²) in [5.41, 5.74) is 3.25. The van der Waals surface area contributed by atoms with Crippen molar-refractivity contribution in [2.45, 2.75) is 6.54 Å². The van der Waals surface area contributed by atoms with Crippen LogP contribution in [0.25, 0.3) is 22.0 Å². The predicted molar refractivity (Wildman–Crippen MR) is 93.8 cm³/mol. The van der Waals surface area contributed by atoms with Gasteiger partial charge in [-0.05, 0) is 23.8 Å². The molecule has 0 bridgehead atoms. The maximum Gasteiger partial charge on any atom is 0.162 e. The van der Waals surface area contributed by atoms with E-state index in [1.54, 1.807) is 32.7 Å². The van der Waals surface area contributed by atoms with Crippen molar-refractivity contribution in [2.24, 2.45) is 0 Å². The second-order valence-corrected chi connectivity index (χ2v) is 5.93.